The first-order valence-electron chi connectivity index (χ1n) is 10.9. The predicted molar refractivity (Wildman–Crippen MR) is 118 cm³/mol. The summed E-state index contributed by atoms with van der Waals surface area (Å²) < 4.78 is 0. The second-order valence-electron chi connectivity index (χ2n) is 8.42. The van der Waals surface area contributed by atoms with Crippen molar-refractivity contribution in [3.63, 3.8) is 0 Å². The maximum Gasteiger partial charge on any atom is 0.119 e. The molecule has 2 aromatic carbocycles. The molecular weight excluding hydrogens is 328 g/mol. The number of benzene rings is 2. The van der Waals surface area contributed by atoms with E-state index in [2.05, 4.69) is 64.1 Å². The topological polar surface area (TPSA) is 20.2 Å². The molecule has 0 aliphatic heterocycles. The minimum atomic E-state index is -0.212. The maximum absolute atomic E-state index is 10.8. The average Bonchev–Trinajstić information content (AvgIpc) is 2.67. The third kappa shape index (κ3) is 5.61. The third-order valence-corrected chi connectivity index (χ3v) is 5.93. The summed E-state index contributed by atoms with van der Waals surface area (Å²) in [5, 5.41) is 10.8. The Morgan fingerprint density at radius 1 is 0.778 bits per heavy atom. The summed E-state index contributed by atoms with van der Waals surface area (Å²) >= 11 is 0. The lowest BCUT2D eigenvalue weighted by Gasteiger charge is -2.32. The highest BCUT2D eigenvalue weighted by molar-refractivity contribution is 5.51. The van der Waals surface area contributed by atoms with Gasteiger partial charge in [0, 0.05) is 11.0 Å². The molecule has 0 bridgehead atoms. The molecule has 0 aliphatic rings. The molecule has 0 spiro atoms. The van der Waals surface area contributed by atoms with Crippen LogP contribution in [0.4, 0.5) is 0 Å². The maximum atomic E-state index is 10.8. The molecule has 0 fully saturated rings. The summed E-state index contributed by atoms with van der Waals surface area (Å²) in [6.07, 6.45) is 10.2. The Balaban J connectivity index is 2.33. The van der Waals surface area contributed by atoms with Crippen molar-refractivity contribution in [2.45, 2.75) is 90.4 Å². The minimum absolute atomic E-state index is 0.212. The van der Waals surface area contributed by atoms with E-state index in [1.54, 1.807) is 0 Å². The van der Waals surface area contributed by atoms with Gasteiger partial charge >= 0.3 is 0 Å². The standard InChI is InChI=1S/C26H38O/c1-5-7-8-9-11-16-21(15-6-2)23-19-14-20-24(27)25(23)26(3,4)22-17-12-10-13-18-22/h10,12-14,17-21,27H,5-9,11,15-16H2,1-4H3. The molecule has 0 aromatic heterocycles. The van der Waals surface area contributed by atoms with Gasteiger partial charge in [-0.1, -0.05) is 109 Å². The average molecular weight is 367 g/mol. The molecule has 1 atom stereocenters. The zero-order chi connectivity index (χ0) is 19.7. The minimum Gasteiger partial charge on any atom is -0.508 e. The van der Waals surface area contributed by atoms with Gasteiger partial charge in [0.15, 0.2) is 0 Å². The highest BCUT2D eigenvalue weighted by Crippen LogP contribution is 2.43. The van der Waals surface area contributed by atoms with Crippen molar-refractivity contribution < 1.29 is 5.11 Å². The van der Waals surface area contributed by atoms with Crippen molar-refractivity contribution in [1.29, 1.82) is 0 Å². The molecule has 1 unspecified atom stereocenters. The van der Waals surface area contributed by atoms with Gasteiger partial charge in [-0.25, -0.2) is 0 Å². The summed E-state index contributed by atoms with van der Waals surface area (Å²) in [6.45, 7) is 9.02. The molecule has 0 saturated carbocycles. The number of phenolic OH excluding ortho intramolecular Hbond substituents is 1. The zero-order valence-corrected chi connectivity index (χ0v) is 17.8. The van der Waals surface area contributed by atoms with E-state index < -0.39 is 0 Å². The van der Waals surface area contributed by atoms with Crippen LogP contribution in [0.15, 0.2) is 48.5 Å². The lowest BCUT2D eigenvalue weighted by molar-refractivity contribution is 0.443. The van der Waals surface area contributed by atoms with Crippen molar-refractivity contribution >= 4 is 0 Å². The highest BCUT2D eigenvalue weighted by Gasteiger charge is 2.30. The van der Waals surface area contributed by atoms with Crippen molar-refractivity contribution in [2.75, 3.05) is 0 Å². The van der Waals surface area contributed by atoms with Gasteiger partial charge in [-0.15, -0.1) is 0 Å². The number of hydrogen-bond donors (Lipinski definition) is 1. The molecule has 1 heteroatoms. The Labute approximate surface area is 166 Å². The normalized spacial score (nSPS) is 12.9. The Morgan fingerprint density at radius 3 is 2.15 bits per heavy atom. The number of hydrogen-bond acceptors (Lipinski definition) is 1. The van der Waals surface area contributed by atoms with E-state index in [9.17, 15) is 5.11 Å². The van der Waals surface area contributed by atoms with E-state index in [4.69, 9.17) is 0 Å². The van der Waals surface area contributed by atoms with Gasteiger partial charge in [0.2, 0.25) is 0 Å². The van der Waals surface area contributed by atoms with Crippen LogP contribution in [0.5, 0.6) is 5.75 Å². The van der Waals surface area contributed by atoms with Crippen LogP contribution in [0.2, 0.25) is 0 Å². The fourth-order valence-electron chi connectivity index (χ4n) is 4.38. The number of rotatable bonds is 11. The molecule has 1 nitrogen and oxygen atoms in total. The molecular formula is C26H38O. The highest BCUT2D eigenvalue weighted by atomic mass is 16.3. The van der Waals surface area contributed by atoms with Gasteiger partial charge in [-0.3, -0.25) is 0 Å². The van der Waals surface area contributed by atoms with Crippen molar-refractivity contribution in [3.05, 3.63) is 65.2 Å². The molecule has 148 valence electrons. The van der Waals surface area contributed by atoms with Gasteiger partial charge in [0.1, 0.15) is 5.75 Å². The summed E-state index contributed by atoms with van der Waals surface area (Å²) in [4.78, 5) is 0. The van der Waals surface area contributed by atoms with Crippen LogP contribution in [0.3, 0.4) is 0 Å². The molecule has 0 radical (unpaired) electrons. The van der Waals surface area contributed by atoms with Crippen molar-refractivity contribution in [3.8, 4) is 5.75 Å². The first-order chi connectivity index (χ1) is 13.0. The first kappa shape index (κ1) is 21.5. The van der Waals surface area contributed by atoms with Crippen LogP contribution >= 0.6 is 0 Å². The Hall–Kier alpha value is -1.76. The van der Waals surface area contributed by atoms with Gasteiger partial charge < -0.3 is 5.11 Å². The third-order valence-electron chi connectivity index (χ3n) is 5.93. The first-order valence-corrected chi connectivity index (χ1v) is 10.9. The van der Waals surface area contributed by atoms with Crippen LogP contribution in [-0.2, 0) is 5.41 Å². The van der Waals surface area contributed by atoms with E-state index in [-0.39, 0.29) is 5.41 Å². The monoisotopic (exact) mass is 366 g/mol. The molecule has 0 heterocycles. The number of aromatic hydroxyl groups is 1. The fraction of sp³-hybridized carbons (Fsp3) is 0.538. The smallest absolute Gasteiger partial charge is 0.119 e. The second-order valence-corrected chi connectivity index (χ2v) is 8.42. The van der Waals surface area contributed by atoms with Crippen molar-refractivity contribution in [1.82, 2.24) is 0 Å². The van der Waals surface area contributed by atoms with Crippen molar-refractivity contribution in [2.24, 2.45) is 0 Å². The summed E-state index contributed by atoms with van der Waals surface area (Å²) in [5.41, 5.74) is 3.51. The van der Waals surface area contributed by atoms with Crippen LogP contribution < -0.4 is 0 Å². The summed E-state index contributed by atoms with van der Waals surface area (Å²) in [6, 6.07) is 16.7. The fourth-order valence-corrected chi connectivity index (χ4v) is 4.38. The van der Waals surface area contributed by atoms with E-state index in [1.807, 2.05) is 12.1 Å². The predicted octanol–water partition coefficient (Wildman–Crippen LogP) is 7.96. The lowest BCUT2D eigenvalue weighted by Crippen LogP contribution is -2.22. The second kappa shape index (κ2) is 10.5. The van der Waals surface area contributed by atoms with Gasteiger partial charge in [-0.05, 0) is 36.0 Å². The Bertz CT molecular complexity index is 672. The Morgan fingerprint density at radius 2 is 1.48 bits per heavy atom. The van der Waals surface area contributed by atoms with Crippen LogP contribution in [0, 0.1) is 0 Å². The molecule has 2 aromatic rings. The number of unbranched alkanes of at least 4 members (excludes halogenated alkanes) is 4. The van der Waals surface area contributed by atoms with E-state index in [0.717, 1.165) is 5.56 Å². The van der Waals surface area contributed by atoms with E-state index in [1.165, 1.54) is 62.5 Å². The van der Waals surface area contributed by atoms with Gasteiger partial charge in [-0.2, -0.15) is 0 Å². The van der Waals surface area contributed by atoms with Crippen LogP contribution in [0.1, 0.15) is 102 Å². The summed E-state index contributed by atoms with van der Waals surface area (Å²) in [5.74, 6) is 0.968. The van der Waals surface area contributed by atoms with E-state index in [0.29, 0.717) is 11.7 Å². The molecule has 0 amide bonds. The van der Waals surface area contributed by atoms with Gasteiger partial charge in [0.05, 0.1) is 0 Å². The van der Waals surface area contributed by atoms with Crippen LogP contribution in [-0.4, -0.2) is 5.11 Å². The largest absolute Gasteiger partial charge is 0.508 e. The Kier molecular flexibility index (Phi) is 8.41. The molecule has 27 heavy (non-hydrogen) atoms. The molecule has 2 rings (SSSR count). The SMILES string of the molecule is CCCCCCCC(CCC)c1cccc(O)c1C(C)(C)c1ccccc1. The summed E-state index contributed by atoms with van der Waals surface area (Å²) in [7, 11) is 0. The van der Waals surface area contributed by atoms with Crippen LogP contribution in [0.25, 0.3) is 0 Å². The quantitative estimate of drug-likeness (QED) is 0.400. The lowest BCUT2D eigenvalue weighted by atomic mass is 9.72. The number of phenols is 1. The zero-order valence-electron chi connectivity index (χ0n) is 17.8. The van der Waals surface area contributed by atoms with E-state index >= 15 is 0 Å². The molecule has 1 N–H and O–H groups in total. The molecule has 0 saturated heterocycles. The molecule has 0 aliphatic carbocycles. The van der Waals surface area contributed by atoms with Gasteiger partial charge in [0.25, 0.3) is 0 Å².